The molecule has 0 saturated heterocycles. The Labute approximate surface area is 457 Å². The molecule has 0 aliphatic heterocycles. The maximum atomic E-state index is 2.53. The first-order valence-corrected chi connectivity index (χ1v) is 28.5. The third-order valence-electron chi connectivity index (χ3n) is 17.7. The van der Waals surface area contributed by atoms with Gasteiger partial charge in [-0.05, 0) is 185 Å². The van der Waals surface area contributed by atoms with E-state index in [0.717, 1.165) is 22.7 Å². The predicted molar refractivity (Wildman–Crippen MR) is 334 cm³/mol. The summed E-state index contributed by atoms with van der Waals surface area (Å²) in [5.41, 5.74) is 14.7. The highest BCUT2D eigenvalue weighted by Crippen LogP contribution is 2.51. The van der Waals surface area contributed by atoms with Gasteiger partial charge in [0.15, 0.2) is 0 Å². The number of nitrogens with zero attached hydrogens (tertiary/aromatic N) is 2. The molecule has 0 atom stereocenters. The molecule has 2 saturated carbocycles. The molecular weight excluding hydrogens is 941 g/mol. The monoisotopic (exact) mass is 1000 g/mol. The van der Waals surface area contributed by atoms with E-state index in [0.29, 0.717) is 11.8 Å². The molecule has 0 aromatic heterocycles. The molecule has 0 heterocycles. The molecule has 13 aromatic rings. The minimum atomic E-state index is 0.634. The maximum absolute atomic E-state index is 2.53. The van der Waals surface area contributed by atoms with E-state index < -0.39 is 0 Å². The van der Waals surface area contributed by atoms with Gasteiger partial charge in [-0.2, -0.15) is 0 Å². The van der Waals surface area contributed by atoms with Gasteiger partial charge in [-0.15, -0.1) is 0 Å². The van der Waals surface area contributed by atoms with Crippen LogP contribution in [0.25, 0.3) is 86.9 Å². The first-order valence-electron chi connectivity index (χ1n) is 28.5. The van der Waals surface area contributed by atoms with Gasteiger partial charge in [-0.25, -0.2) is 0 Å². The summed E-state index contributed by atoms with van der Waals surface area (Å²) in [4.78, 5) is 5.06. The van der Waals surface area contributed by atoms with Crippen LogP contribution in [-0.2, 0) is 0 Å². The lowest BCUT2D eigenvalue weighted by atomic mass is 9.85. The fourth-order valence-corrected chi connectivity index (χ4v) is 13.9. The highest BCUT2D eigenvalue weighted by molar-refractivity contribution is 6.23. The molecule has 2 heteroatoms. The summed E-state index contributed by atoms with van der Waals surface area (Å²) in [5, 5.41) is 14.8. The largest absolute Gasteiger partial charge is 0.310 e. The summed E-state index contributed by atoms with van der Waals surface area (Å²) < 4.78 is 0. The van der Waals surface area contributed by atoms with Crippen molar-refractivity contribution in [2.45, 2.75) is 63.2 Å². The van der Waals surface area contributed by atoms with Gasteiger partial charge >= 0.3 is 0 Å². The predicted octanol–water partition coefficient (Wildman–Crippen LogP) is 22.2. The summed E-state index contributed by atoms with van der Waals surface area (Å²) in [5.74, 6) is 1.27. The third-order valence-corrected chi connectivity index (χ3v) is 17.7. The molecule has 0 spiro atoms. The number of anilines is 6. The van der Waals surface area contributed by atoms with Crippen LogP contribution in [0.1, 0.15) is 74.3 Å². The Bertz CT molecular complexity index is 4090. The molecule has 13 aromatic carbocycles. The van der Waals surface area contributed by atoms with Gasteiger partial charge < -0.3 is 9.80 Å². The van der Waals surface area contributed by atoms with Crippen molar-refractivity contribution in [1.29, 1.82) is 0 Å². The van der Waals surface area contributed by atoms with Crippen LogP contribution < -0.4 is 9.80 Å². The Morgan fingerprint density at radius 2 is 0.577 bits per heavy atom. The summed E-state index contributed by atoms with van der Waals surface area (Å²) in [6.45, 7) is 0. The van der Waals surface area contributed by atoms with Crippen molar-refractivity contribution in [3.63, 3.8) is 0 Å². The molecule has 15 rings (SSSR count). The van der Waals surface area contributed by atoms with E-state index in [2.05, 4.69) is 265 Å². The van der Waals surface area contributed by atoms with Gasteiger partial charge in [-0.3, -0.25) is 0 Å². The van der Waals surface area contributed by atoms with E-state index >= 15 is 0 Å². The van der Waals surface area contributed by atoms with E-state index in [1.165, 1.54) is 161 Å². The Kier molecular flexibility index (Phi) is 11.6. The van der Waals surface area contributed by atoms with Gasteiger partial charge in [0.05, 0.1) is 11.4 Å². The van der Waals surface area contributed by atoms with Crippen LogP contribution in [0.15, 0.2) is 255 Å². The minimum absolute atomic E-state index is 0.634. The molecule has 374 valence electrons. The van der Waals surface area contributed by atoms with Gasteiger partial charge in [-0.1, -0.05) is 220 Å². The molecule has 2 nitrogen and oxygen atoms in total. The molecule has 2 aliphatic rings. The molecule has 0 bridgehead atoms. The van der Waals surface area contributed by atoms with Crippen molar-refractivity contribution in [2.75, 3.05) is 9.80 Å². The van der Waals surface area contributed by atoms with Crippen molar-refractivity contribution in [3.8, 4) is 22.3 Å². The van der Waals surface area contributed by atoms with E-state index in [9.17, 15) is 0 Å². The van der Waals surface area contributed by atoms with Crippen LogP contribution >= 0.6 is 0 Å². The molecule has 0 amide bonds. The zero-order chi connectivity index (χ0) is 51.5. The lowest BCUT2D eigenvalue weighted by molar-refractivity contribution is 0.723. The van der Waals surface area contributed by atoms with Crippen LogP contribution in [0.4, 0.5) is 34.1 Å². The topological polar surface area (TPSA) is 6.48 Å². The van der Waals surface area contributed by atoms with E-state index in [4.69, 9.17) is 0 Å². The molecule has 2 fully saturated rings. The summed E-state index contributed by atoms with van der Waals surface area (Å²) >= 11 is 0. The molecule has 0 unspecified atom stereocenters. The normalized spacial score (nSPS) is 14.2. The average molecular weight is 1000 g/mol. The average Bonchev–Trinajstić information content (AvgIpc) is 4.37. The lowest BCUT2D eigenvalue weighted by Crippen LogP contribution is -2.11. The zero-order valence-electron chi connectivity index (χ0n) is 44.0. The number of rotatable bonds is 10. The number of benzene rings is 13. The van der Waals surface area contributed by atoms with Crippen LogP contribution in [0.5, 0.6) is 0 Å². The summed E-state index contributed by atoms with van der Waals surface area (Å²) in [7, 11) is 0. The molecule has 0 radical (unpaired) electrons. The molecule has 2 aliphatic carbocycles. The Hall–Kier alpha value is -8.98. The van der Waals surface area contributed by atoms with Crippen molar-refractivity contribution >= 4 is 98.8 Å². The van der Waals surface area contributed by atoms with E-state index in [1.54, 1.807) is 0 Å². The number of fused-ring (bicyclic) bond motifs is 8. The summed E-state index contributed by atoms with van der Waals surface area (Å²) in [6, 6.07) is 96.5. The summed E-state index contributed by atoms with van der Waals surface area (Å²) in [6.07, 6.45) is 10.4. The van der Waals surface area contributed by atoms with E-state index in [-0.39, 0.29) is 0 Å². The zero-order valence-corrected chi connectivity index (χ0v) is 44.0. The van der Waals surface area contributed by atoms with Gasteiger partial charge in [0, 0.05) is 33.5 Å². The second-order valence-corrected chi connectivity index (χ2v) is 22.1. The molecule has 0 N–H and O–H groups in total. The van der Waals surface area contributed by atoms with Gasteiger partial charge in [0.25, 0.3) is 0 Å². The van der Waals surface area contributed by atoms with Crippen LogP contribution in [0, 0.1) is 0 Å². The van der Waals surface area contributed by atoms with Crippen LogP contribution in [-0.4, -0.2) is 0 Å². The van der Waals surface area contributed by atoms with Crippen molar-refractivity contribution < 1.29 is 0 Å². The standard InChI is InChI=1S/C76H60N2/c1-3-23-55(24-4-1)75-69-45-43-62(78(60-41-37-54(38-42-60)52-21-9-10-22-52)74-48-58-28-12-14-30-64(58)66-32-16-18-34-68(66)74)50-72(69)76(56-25-5-2-6-26-56)70-46-44-61(49-71(70)75)77(59-39-35-53(36-40-59)51-19-7-8-20-51)73-47-57-27-11-13-29-63(57)65-31-15-17-33-67(65)73/h1-6,11-18,23-52H,7-10,19-22H2. The Balaban J connectivity index is 0.999. The van der Waals surface area contributed by atoms with Gasteiger partial charge in [0.1, 0.15) is 0 Å². The first kappa shape index (κ1) is 46.3. The Morgan fingerprint density at radius 1 is 0.244 bits per heavy atom. The maximum Gasteiger partial charge on any atom is 0.0546 e. The second kappa shape index (κ2) is 19.5. The third kappa shape index (κ3) is 8.01. The van der Waals surface area contributed by atoms with Crippen molar-refractivity contribution in [2.24, 2.45) is 0 Å². The minimum Gasteiger partial charge on any atom is -0.310 e. The molecular formula is C76H60N2. The molecule has 78 heavy (non-hydrogen) atoms. The first-order chi connectivity index (χ1) is 38.7. The van der Waals surface area contributed by atoms with Crippen LogP contribution in [0.2, 0.25) is 0 Å². The van der Waals surface area contributed by atoms with Crippen molar-refractivity contribution in [3.05, 3.63) is 266 Å². The fraction of sp³-hybridized carbons (Fsp3) is 0.132. The quantitative estimate of drug-likeness (QED) is 0.0995. The lowest BCUT2D eigenvalue weighted by Gasteiger charge is -2.30. The fourth-order valence-electron chi connectivity index (χ4n) is 13.9. The highest BCUT2D eigenvalue weighted by atomic mass is 15.1. The number of hydrogen-bond acceptors (Lipinski definition) is 2. The number of hydrogen-bond donors (Lipinski definition) is 0. The van der Waals surface area contributed by atoms with Crippen molar-refractivity contribution in [1.82, 2.24) is 0 Å². The Morgan fingerprint density at radius 3 is 0.974 bits per heavy atom. The highest BCUT2D eigenvalue weighted by Gasteiger charge is 2.26. The van der Waals surface area contributed by atoms with E-state index in [1.807, 2.05) is 0 Å². The van der Waals surface area contributed by atoms with Gasteiger partial charge in [0.2, 0.25) is 0 Å². The second-order valence-electron chi connectivity index (χ2n) is 22.1. The SMILES string of the molecule is c1ccc(-c2c3ccc(N(c4ccc(C5CCCC5)cc4)c4cc5ccccc5c5ccccc45)cc3c(-c3ccccc3)c3ccc(N(c4ccc(C5CCCC5)cc4)c4cc5ccccc5c5ccccc45)cc23)cc1. The van der Waals surface area contributed by atoms with Crippen LogP contribution in [0.3, 0.4) is 0 Å². The smallest absolute Gasteiger partial charge is 0.0546 e.